The lowest BCUT2D eigenvalue weighted by molar-refractivity contribution is -0.115. The van der Waals surface area contributed by atoms with Crippen molar-refractivity contribution in [1.29, 1.82) is 0 Å². The highest BCUT2D eigenvalue weighted by atomic mass is 16.5. The molecule has 1 atom stereocenters. The van der Waals surface area contributed by atoms with Crippen molar-refractivity contribution < 1.29 is 9.53 Å². The van der Waals surface area contributed by atoms with Crippen LogP contribution in [-0.4, -0.2) is 31.7 Å². The van der Waals surface area contributed by atoms with Gasteiger partial charge in [-0.05, 0) is 37.0 Å². The predicted octanol–water partition coefficient (Wildman–Crippen LogP) is 1.96. The van der Waals surface area contributed by atoms with E-state index < -0.39 is 0 Å². The van der Waals surface area contributed by atoms with Crippen LogP contribution in [0.25, 0.3) is 0 Å². The number of carbonyl (C=O) groups is 1. The number of anilines is 1. The van der Waals surface area contributed by atoms with Crippen LogP contribution >= 0.6 is 0 Å². The molecule has 1 aliphatic rings. The second-order valence-electron chi connectivity index (χ2n) is 4.86. The largest absolute Gasteiger partial charge is 0.377 e. The maximum Gasteiger partial charge on any atom is 0.238 e. The summed E-state index contributed by atoms with van der Waals surface area (Å²) in [7, 11) is 0. The van der Waals surface area contributed by atoms with Crippen LogP contribution in [0, 0.1) is 0 Å². The number of amides is 1. The van der Waals surface area contributed by atoms with E-state index in [4.69, 9.17) is 4.74 Å². The Balaban J connectivity index is 1.68. The summed E-state index contributed by atoms with van der Waals surface area (Å²) < 4.78 is 5.48. The minimum atomic E-state index is -0.0118. The lowest BCUT2D eigenvalue weighted by atomic mass is 10.1. The molecule has 0 aliphatic carbocycles. The molecule has 2 rings (SSSR count). The van der Waals surface area contributed by atoms with Gasteiger partial charge in [0, 0.05) is 18.8 Å². The van der Waals surface area contributed by atoms with Gasteiger partial charge in [-0.1, -0.05) is 19.1 Å². The molecule has 0 aromatic heterocycles. The second kappa shape index (κ2) is 7.26. The molecule has 1 aliphatic heterocycles. The van der Waals surface area contributed by atoms with Crippen molar-refractivity contribution in [3.8, 4) is 0 Å². The van der Waals surface area contributed by atoms with E-state index in [1.54, 1.807) is 0 Å². The van der Waals surface area contributed by atoms with Crippen molar-refractivity contribution in [2.45, 2.75) is 32.3 Å². The molecule has 0 saturated carbocycles. The molecular formula is C15H22N2O2. The van der Waals surface area contributed by atoms with Gasteiger partial charge in [-0.2, -0.15) is 0 Å². The molecule has 1 amide bonds. The fraction of sp³-hybridized carbons (Fsp3) is 0.533. The summed E-state index contributed by atoms with van der Waals surface area (Å²) in [6.07, 6.45) is 3.50. The van der Waals surface area contributed by atoms with Gasteiger partial charge in [0.1, 0.15) is 0 Å². The van der Waals surface area contributed by atoms with E-state index >= 15 is 0 Å². The summed E-state index contributed by atoms with van der Waals surface area (Å²) in [5.74, 6) is -0.0118. The average Bonchev–Trinajstić information content (AvgIpc) is 2.93. The molecule has 1 aromatic rings. The summed E-state index contributed by atoms with van der Waals surface area (Å²) in [6.45, 7) is 4.04. The van der Waals surface area contributed by atoms with Crippen molar-refractivity contribution in [3.63, 3.8) is 0 Å². The molecule has 4 heteroatoms. The molecule has 19 heavy (non-hydrogen) atoms. The Morgan fingerprint density at radius 3 is 2.79 bits per heavy atom. The van der Waals surface area contributed by atoms with E-state index in [0.717, 1.165) is 38.1 Å². The fourth-order valence-electron chi connectivity index (χ4n) is 2.18. The van der Waals surface area contributed by atoms with Gasteiger partial charge >= 0.3 is 0 Å². The van der Waals surface area contributed by atoms with Crippen molar-refractivity contribution in [1.82, 2.24) is 5.32 Å². The first-order valence-corrected chi connectivity index (χ1v) is 6.99. The van der Waals surface area contributed by atoms with Gasteiger partial charge in [-0.25, -0.2) is 0 Å². The van der Waals surface area contributed by atoms with Crippen molar-refractivity contribution in [2.75, 3.05) is 25.0 Å². The van der Waals surface area contributed by atoms with Gasteiger partial charge < -0.3 is 15.4 Å². The summed E-state index contributed by atoms with van der Waals surface area (Å²) in [5, 5.41) is 6.01. The van der Waals surface area contributed by atoms with Gasteiger partial charge in [-0.3, -0.25) is 4.79 Å². The third kappa shape index (κ3) is 4.65. The highest BCUT2D eigenvalue weighted by Crippen LogP contribution is 2.11. The smallest absolute Gasteiger partial charge is 0.238 e. The number of carbonyl (C=O) groups excluding carboxylic acids is 1. The topological polar surface area (TPSA) is 50.4 Å². The maximum absolute atomic E-state index is 11.7. The first-order valence-electron chi connectivity index (χ1n) is 6.99. The van der Waals surface area contributed by atoms with Crippen LogP contribution in [0.2, 0.25) is 0 Å². The van der Waals surface area contributed by atoms with Gasteiger partial charge in [0.25, 0.3) is 0 Å². The molecule has 0 radical (unpaired) electrons. The normalized spacial score (nSPS) is 18.5. The SMILES string of the molecule is CCc1ccc(NC(=O)CNCC2CCCO2)cc1. The average molecular weight is 262 g/mol. The van der Waals surface area contributed by atoms with Gasteiger partial charge in [0.15, 0.2) is 0 Å². The van der Waals surface area contributed by atoms with E-state index in [2.05, 4.69) is 17.6 Å². The first-order chi connectivity index (χ1) is 9.28. The number of ether oxygens (including phenoxy) is 1. The number of nitrogens with one attached hydrogen (secondary N) is 2. The zero-order chi connectivity index (χ0) is 13.5. The highest BCUT2D eigenvalue weighted by molar-refractivity contribution is 5.92. The molecule has 0 bridgehead atoms. The zero-order valence-electron chi connectivity index (χ0n) is 11.4. The maximum atomic E-state index is 11.7. The quantitative estimate of drug-likeness (QED) is 0.824. The summed E-state index contributed by atoms with van der Waals surface area (Å²) >= 11 is 0. The number of hydrogen-bond acceptors (Lipinski definition) is 3. The van der Waals surface area contributed by atoms with Crippen LogP contribution in [0.5, 0.6) is 0 Å². The van der Waals surface area contributed by atoms with Crippen LogP contribution in [-0.2, 0) is 16.0 Å². The van der Waals surface area contributed by atoms with Gasteiger partial charge in [-0.15, -0.1) is 0 Å². The molecular weight excluding hydrogens is 240 g/mol. The number of benzene rings is 1. The monoisotopic (exact) mass is 262 g/mol. The highest BCUT2D eigenvalue weighted by Gasteiger charge is 2.14. The van der Waals surface area contributed by atoms with Crippen molar-refractivity contribution in [2.24, 2.45) is 0 Å². The standard InChI is InChI=1S/C15H22N2O2/c1-2-12-5-7-13(8-6-12)17-15(18)11-16-10-14-4-3-9-19-14/h5-8,14,16H,2-4,9-11H2,1H3,(H,17,18). The van der Waals surface area contributed by atoms with E-state index in [1.165, 1.54) is 5.56 Å². The molecule has 0 spiro atoms. The predicted molar refractivity (Wildman–Crippen MR) is 76.3 cm³/mol. The van der Waals surface area contributed by atoms with Crippen molar-refractivity contribution in [3.05, 3.63) is 29.8 Å². The van der Waals surface area contributed by atoms with Crippen LogP contribution in [0.15, 0.2) is 24.3 Å². The lowest BCUT2D eigenvalue weighted by Crippen LogP contribution is -2.33. The Hall–Kier alpha value is -1.39. The Morgan fingerprint density at radius 1 is 1.37 bits per heavy atom. The van der Waals surface area contributed by atoms with Crippen LogP contribution in [0.1, 0.15) is 25.3 Å². The number of hydrogen-bond donors (Lipinski definition) is 2. The van der Waals surface area contributed by atoms with Gasteiger partial charge in [0.2, 0.25) is 5.91 Å². The number of rotatable bonds is 6. The minimum Gasteiger partial charge on any atom is -0.377 e. The first kappa shape index (κ1) is 14.0. The molecule has 1 saturated heterocycles. The fourth-order valence-corrected chi connectivity index (χ4v) is 2.18. The summed E-state index contributed by atoms with van der Waals surface area (Å²) in [4.78, 5) is 11.7. The van der Waals surface area contributed by atoms with E-state index in [0.29, 0.717) is 6.54 Å². The van der Waals surface area contributed by atoms with E-state index in [9.17, 15) is 4.79 Å². The molecule has 1 heterocycles. The Morgan fingerprint density at radius 2 is 2.16 bits per heavy atom. The molecule has 104 valence electrons. The molecule has 1 unspecified atom stereocenters. The zero-order valence-corrected chi connectivity index (χ0v) is 11.4. The molecule has 4 nitrogen and oxygen atoms in total. The summed E-state index contributed by atoms with van der Waals surface area (Å²) in [5.41, 5.74) is 2.12. The third-order valence-corrected chi connectivity index (χ3v) is 3.33. The van der Waals surface area contributed by atoms with E-state index in [1.807, 2.05) is 24.3 Å². The third-order valence-electron chi connectivity index (χ3n) is 3.33. The Bertz CT molecular complexity index is 397. The summed E-state index contributed by atoms with van der Waals surface area (Å²) in [6, 6.07) is 7.96. The van der Waals surface area contributed by atoms with Crippen LogP contribution in [0.4, 0.5) is 5.69 Å². The molecule has 2 N–H and O–H groups in total. The Labute approximate surface area is 114 Å². The van der Waals surface area contributed by atoms with Crippen molar-refractivity contribution >= 4 is 11.6 Å². The van der Waals surface area contributed by atoms with Crippen LogP contribution in [0.3, 0.4) is 0 Å². The molecule has 1 fully saturated rings. The second-order valence-corrected chi connectivity index (χ2v) is 4.86. The van der Waals surface area contributed by atoms with Gasteiger partial charge in [0.05, 0.1) is 12.6 Å². The Kier molecular flexibility index (Phi) is 5.36. The number of aryl methyl sites for hydroxylation is 1. The lowest BCUT2D eigenvalue weighted by Gasteiger charge is -2.11. The molecule has 1 aromatic carbocycles. The van der Waals surface area contributed by atoms with E-state index in [-0.39, 0.29) is 12.0 Å². The van der Waals surface area contributed by atoms with Crippen LogP contribution < -0.4 is 10.6 Å². The minimum absolute atomic E-state index is 0.0118.